The maximum atomic E-state index is 2.41. The normalized spacial score (nSPS) is 27.3. The van der Waals surface area contributed by atoms with Gasteiger partial charge in [0.2, 0.25) is 0 Å². The zero-order valence-electron chi connectivity index (χ0n) is 13.4. The summed E-state index contributed by atoms with van der Waals surface area (Å²) in [5, 5.41) is 5.52. The third kappa shape index (κ3) is 1.91. The first-order valence-corrected chi connectivity index (χ1v) is 8.55. The monoisotopic (exact) mass is 296 g/mol. The van der Waals surface area contributed by atoms with Crippen molar-refractivity contribution in [3.63, 3.8) is 0 Å². The topological polar surface area (TPSA) is 0 Å². The molecular formula is C23H20. The lowest BCUT2D eigenvalue weighted by Crippen LogP contribution is -2.26. The maximum absolute atomic E-state index is 2.41. The van der Waals surface area contributed by atoms with Gasteiger partial charge in [-0.05, 0) is 62.6 Å². The van der Waals surface area contributed by atoms with E-state index < -0.39 is 0 Å². The third-order valence-corrected chi connectivity index (χ3v) is 5.71. The molecule has 2 aromatic rings. The molecular weight excluding hydrogens is 276 g/mol. The fourth-order valence-corrected chi connectivity index (χ4v) is 4.26. The molecule has 0 bridgehead atoms. The molecule has 0 heterocycles. The lowest BCUT2D eigenvalue weighted by atomic mass is 9.87. The first-order valence-electron chi connectivity index (χ1n) is 8.55. The summed E-state index contributed by atoms with van der Waals surface area (Å²) in [6, 6.07) is 11.3. The van der Waals surface area contributed by atoms with Crippen LogP contribution in [0, 0.1) is 11.3 Å². The number of rotatable bonds is 1. The Kier molecular flexibility index (Phi) is 2.61. The van der Waals surface area contributed by atoms with Crippen molar-refractivity contribution in [3.8, 4) is 0 Å². The minimum Gasteiger partial charge on any atom is -0.0807 e. The fraction of sp³-hybridized carbons (Fsp3) is 0.217. The average Bonchev–Trinajstić information content (AvgIpc) is 3.31. The van der Waals surface area contributed by atoms with Gasteiger partial charge in [0.05, 0.1) is 0 Å². The number of hydrogen-bond donors (Lipinski definition) is 0. The number of allylic oxidation sites excluding steroid dienone is 6. The van der Waals surface area contributed by atoms with E-state index in [1.54, 1.807) is 0 Å². The molecule has 0 spiro atoms. The lowest BCUT2D eigenvalue weighted by Gasteiger charge is -2.17. The molecule has 1 saturated carbocycles. The summed E-state index contributed by atoms with van der Waals surface area (Å²) in [5.74, 6) is 0.694. The molecule has 5 rings (SSSR count). The zero-order valence-corrected chi connectivity index (χ0v) is 13.4. The zero-order chi connectivity index (χ0) is 15.4. The molecule has 0 heteroatoms. The van der Waals surface area contributed by atoms with Gasteiger partial charge >= 0.3 is 0 Å². The molecule has 1 fully saturated rings. The van der Waals surface area contributed by atoms with E-state index in [4.69, 9.17) is 0 Å². The summed E-state index contributed by atoms with van der Waals surface area (Å²) >= 11 is 0. The Balaban J connectivity index is 1.87. The first-order chi connectivity index (χ1) is 11.3. The van der Waals surface area contributed by atoms with Crippen LogP contribution in [0.2, 0.25) is 0 Å². The lowest BCUT2D eigenvalue weighted by molar-refractivity contribution is 0.698. The van der Waals surface area contributed by atoms with Crippen LogP contribution in [0.5, 0.6) is 0 Å². The Labute approximate surface area is 136 Å². The standard InChI is InChI=1S/C23H20/c1-23-13-7-12-20(22(23)15-23)21-14-16-8-3-2-4-9-17(16)18-10-5-6-11-19(18)21/h2-3,5-14,22H,4,15H2,1H3. The van der Waals surface area contributed by atoms with Gasteiger partial charge in [-0.1, -0.05) is 73.7 Å². The van der Waals surface area contributed by atoms with E-state index >= 15 is 0 Å². The molecule has 0 radical (unpaired) electrons. The highest BCUT2D eigenvalue weighted by Gasteiger charge is 2.51. The smallest absolute Gasteiger partial charge is 0.00585 e. The minimum atomic E-state index is 0.397. The molecule has 0 N–H and O–H groups in total. The highest BCUT2D eigenvalue weighted by atomic mass is 14.5. The van der Waals surface area contributed by atoms with Crippen LogP contribution < -0.4 is 10.4 Å². The predicted octanol–water partition coefficient (Wildman–Crippen LogP) is 4.34. The Morgan fingerprint density at radius 2 is 1.91 bits per heavy atom. The molecule has 0 saturated heterocycles. The van der Waals surface area contributed by atoms with E-state index in [1.807, 2.05) is 0 Å². The van der Waals surface area contributed by atoms with E-state index in [0.717, 1.165) is 6.42 Å². The van der Waals surface area contributed by atoms with Gasteiger partial charge in [0.15, 0.2) is 0 Å². The van der Waals surface area contributed by atoms with Crippen molar-refractivity contribution in [2.75, 3.05) is 0 Å². The van der Waals surface area contributed by atoms with Gasteiger partial charge in [-0.25, -0.2) is 0 Å². The second-order valence-electron chi connectivity index (χ2n) is 7.25. The Hall–Kier alpha value is -2.34. The molecule has 112 valence electrons. The number of benzene rings is 2. The van der Waals surface area contributed by atoms with Gasteiger partial charge in [-0.3, -0.25) is 0 Å². The molecule has 3 aliphatic carbocycles. The minimum absolute atomic E-state index is 0.397. The predicted molar refractivity (Wildman–Crippen MR) is 99.2 cm³/mol. The van der Waals surface area contributed by atoms with E-state index in [2.05, 4.69) is 79.8 Å². The van der Waals surface area contributed by atoms with E-state index in [0.29, 0.717) is 11.3 Å². The van der Waals surface area contributed by atoms with E-state index in [9.17, 15) is 0 Å². The van der Waals surface area contributed by atoms with Crippen molar-refractivity contribution in [3.05, 3.63) is 76.7 Å². The van der Waals surface area contributed by atoms with Crippen molar-refractivity contribution in [2.24, 2.45) is 11.3 Å². The molecule has 0 aromatic heterocycles. The summed E-state index contributed by atoms with van der Waals surface area (Å²) in [6.45, 7) is 2.38. The maximum Gasteiger partial charge on any atom is -0.00585 e. The second kappa shape index (κ2) is 4.58. The molecule has 2 unspecified atom stereocenters. The molecule has 2 atom stereocenters. The summed E-state index contributed by atoms with van der Waals surface area (Å²) in [6.07, 6.45) is 18.3. The SMILES string of the molecule is CC12C=CC=C(c3cc4c(c5ccccc35)=CCC=CC=4)C1C2. The van der Waals surface area contributed by atoms with Crippen LogP contribution in [-0.4, -0.2) is 0 Å². The van der Waals surface area contributed by atoms with Crippen LogP contribution in [0.1, 0.15) is 25.3 Å². The Morgan fingerprint density at radius 1 is 1.04 bits per heavy atom. The largest absolute Gasteiger partial charge is 0.0807 e. The van der Waals surface area contributed by atoms with Crippen molar-refractivity contribution < 1.29 is 0 Å². The van der Waals surface area contributed by atoms with Gasteiger partial charge in [0.25, 0.3) is 0 Å². The van der Waals surface area contributed by atoms with Gasteiger partial charge in [0, 0.05) is 0 Å². The van der Waals surface area contributed by atoms with E-state index in [1.165, 1.54) is 38.8 Å². The highest BCUT2D eigenvalue weighted by molar-refractivity contribution is 5.96. The van der Waals surface area contributed by atoms with Crippen LogP contribution >= 0.6 is 0 Å². The van der Waals surface area contributed by atoms with Crippen molar-refractivity contribution in [1.29, 1.82) is 0 Å². The quantitative estimate of drug-likeness (QED) is 0.734. The first kappa shape index (κ1) is 13.1. The van der Waals surface area contributed by atoms with Crippen molar-refractivity contribution in [2.45, 2.75) is 19.8 Å². The molecule has 0 aliphatic heterocycles. The van der Waals surface area contributed by atoms with Gasteiger partial charge in [0.1, 0.15) is 0 Å². The molecule has 0 nitrogen and oxygen atoms in total. The third-order valence-electron chi connectivity index (χ3n) is 5.71. The van der Waals surface area contributed by atoms with Gasteiger partial charge in [-0.15, -0.1) is 0 Å². The van der Waals surface area contributed by atoms with Gasteiger partial charge < -0.3 is 0 Å². The second-order valence-corrected chi connectivity index (χ2v) is 7.25. The molecule has 3 aliphatic rings. The summed E-state index contributed by atoms with van der Waals surface area (Å²) in [5.41, 5.74) is 3.35. The summed E-state index contributed by atoms with van der Waals surface area (Å²) in [4.78, 5) is 0. The molecule has 2 aromatic carbocycles. The van der Waals surface area contributed by atoms with Crippen molar-refractivity contribution in [1.82, 2.24) is 0 Å². The Bertz CT molecular complexity index is 1030. The van der Waals surface area contributed by atoms with Crippen LogP contribution in [-0.2, 0) is 0 Å². The number of hydrogen-bond acceptors (Lipinski definition) is 0. The van der Waals surface area contributed by atoms with Gasteiger partial charge in [-0.2, -0.15) is 0 Å². The summed E-state index contributed by atoms with van der Waals surface area (Å²) in [7, 11) is 0. The number of fused-ring (bicyclic) bond motifs is 4. The molecule has 0 amide bonds. The van der Waals surface area contributed by atoms with Crippen LogP contribution in [0.3, 0.4) is 0 Å². The Morgan fingerprint density at radius 3 is 2.83 bits per heavy atom. The van der Waals surface area contributed by atoms with Crippen LogP contribution in [0.4, 0.5) is 0 Å². The summed E-state index contributed by atoms with van der Waals surface area (Å²) < 4.78 is 0. The molecule has 23 heavy (non-hydrogen) atoms. The van der Waals surface area contributed by atoms with Crippen molar-refractivity contribution >= 4 is 28.5 Å². The average molecular weight is 296 g/mol. The highest BCUT2D eigenvalue weighted by Crippen LogP contribution is 2.61. The van der Waals surface area contributed by atoms with E-state index in [-0.39, 0.29) is 0 Å². The van der Waals surface area contributed by atoms with Crippen LogP contribution in [0.25, 0.3) is 28.5 Å². The fourth-order valence-electron chi connectivity index (χ4n) is 4.26. The van der Waals surface area contributed by atoms with Crippen LogP contribution in [0.15, 0.2) is 60.7 Å².